The number of hydrogen-bond acceptors (Lipinski definition) is 2. The van der Waals surface area contributed by atoms with Crippen LogP contribution in [0.25, 0.3) is 0 Å². The van der Waals surface area contributed by atoms with Crippen molar-refractivity contribution in [2.45, 2.75) is 6.42 Å². The second-order valence-electron chi connectivity index (χ2n) is 4.65. The fourth-order valence-corrected chi connectivity index (χ4v) is 2.02. The predicted molar refractivity (Wildman–Crippen MR) is 83.0 cm³/mol. The lowest BCUT2D eigenvalue weighted by atomic mass is 10.1. The van der Waals surface area contributed by atoms with Gasteiger partial charge in [-0.25, -0.2) is 0 Å². The minimum absolute atomic E-state index is 0.0200. The number of carbonyl (C=O) groups is 2. The van der Waals surface area contributed by atoms with E-state index >= 15 is 0 Å². The number of nitrogens with zero attached hydrogens (tertiary/aromatic N) is 1. The molecule has 0 spiro atoms. The molecule has 108 valence electrons. The average Bonchev–Trinajstić information content (AvgIpc) is 2.54. The Kier molecular flexibility index (Phi) is 5.10. The lowest BCUT2D eigenvalue weighted by Gasteiger charge is -2.22. The van der Waals surface area contributed by atoms with Crippen LogP contribution >= 0.6 is 0 Å². The van der Waals surface area contributed by atoms with Gasteiger partial charge in [0.15, 0.2) is 0 Å². The molecule has 0 saturated carbocycles. The zero-order valence-electron chi connectivity index (χ0n) is 12.0. The average molecular weight is 282 g/mol. The number of anilines is 1. The minimum atomic E-state index is -0.194. The number of hydrogen-bond donors (Lipinski definition) is 1. The lowest BCUT2D eigenvalue weighted by Crippen LogP contribution is -2.40. The highest BCUT2D eigenvalue weighted by Crippen LogP contribution is 2.15. The highest BCUT2D eigenvalue weighted by atomic mass is 16.2. The molecular weight excluding hydrogens is 264 g/mol. The van der Waals surface area contributed by atoms with Gasteiger partial charge in [0.05, 0.1) is 6.42 Å². The summed E-state index contributed by atoms with van der Waals surface area (Å²) in [5.41, 5.74) is 1.65. The van der Waals surface area contributed by atoms with Gasteiger partial charge in [-0.1, -0.05) is 48.5 Å². The van der Waals surface area contributed by atoms with E-state index in [-0.39, 0.29) is 24.8 Å². The summed E-state index contributed by atoms with van der Waals surface area (Å²) in [5.74, 6) is -0.295. The fraction of sp³-hybridized carbons (Fsp3) is 0.176. The first-order valence-corrected chi connectivity index (χ1v) is 6.80. The maximum atomic E-state index is 12.5. The molecule has 2 rings (SSSR count). The van der Waals surface area contributed by atoms with Crippen molar-refractivity contribution in [3.8, 4) is 0 Å². The van der Waals surface area contributed by atoms with Crippen molar-refractivity contribution >= 4 is 17.5 Å². The van der Waals surface area contributed by atoms with Crippen LogP contribution < -0.4 is 10.2 Å². The third-order valence-corrected chi connectivity index (χ3v) is 3.15. The van der Waals surface area contributed by atoms with Crippen molar-refractivity contribution in [2.75, 3.05) is 18.5 Å². The van der Waals surface area contributed by atoms with Crippen LogP contribution in [0.4, 0.5) is 5.69 Å². The molecule has 0 bridgehead atoms. The van der Waals surface area contributed by atoms with E-state index in [0.717, 1.165) is 11.3 Å². The van der Waals surface area contributed by atoms with Gasteiger partial charge in [-0.15, -0.1) is 0 Å². The van der Waals surface area contributed by atoms with E-state index < -0.39 is 0 Å². The highest BCUT2D eigenvalue weighted by molar-refractivity contribution is 5.99. The zero-order chi connectivity index (χ0) is 15.1. The highest BCUT2D eigenvalue weighted by Gasteiger charge is 2.18. The molecule has 0 aromatic heterocycles. The van der Waals surface area contributed by atoms with E-state index in [1.54, 1.807) is 7.05 Å². The molecule has 21 heavy (non-hydrogen) atoms. The molecule has 0 atom stereocenters. The van der Waals surface area contributed by atoms with Gasteiger partial charge < -0.3 is 10.2 Å². The molecule has 0 fully saturated rings. The quantitative estimate of drug-likeness (QED) is 0.912. The van der Waals surface area contributed by atoms with Gasteiger partial charge in [0.1, 0.15) is 6.54 Å². The second kappa shape index (κ2) is 7.24. The van der Waals surface area contributed by atoms with E-state index in [9.17, 15) is 9.59 Å². The molecule has 0 radical (unpaired) electrons. The second-order valence-corrected chi connectivity index (χ2v) is 4.65. The number of amides is 2. The zero-order valence-corrected chi connectivity index (χ0v) is 12.0. The minimum Gasteiger partial charge on any atom is -0.358 e. The molecule has 4 nitrogen and oxygen atoms in total. The summed E-state index contributed by atoms with van der Waals surface area (Å²) in [6.45, 7) is 0.0200. The molecule has 2 aromatic rings. The van der Waals surface area contributed by atoms with Gasteiger partial charge in [-0.05, 0) is 17.7 Å². The molecule has 0 unspecified atom stereocenters. The Morgan fingerprint density at radius 1 is 0.952 bits per heavy atom. The summed E-state index contributed by atoms with van der Waals surface area (Å²) in [7, 11) is 1.56. The monoisotopic (exact) mass is 282 g/mol. The van der Waals surface area contributed by atoms with E-state index in [4.69, 9.17) is 0 Å². The van der Waals surface area contributed by atoms with Crippen LogP contribution in [0.3, 0.4) is 0 Å². The molecule has 2 amide bonds. The number of nitrogens with one attached hydrogen (secondary N) is 1. The van der Waals surface area contributed by atoms with Crippen molar-refractivity contribution in [3.05, 3.63) is 66.2 Å². The van der Waals surface area contributed by atoms with Crippen LogP contribution in [0, 0.1) is 0 Å². The van der Waals surface area contributed by atoms with Gasteiger partial charge in [-0.3, -0.25) is 9.59 Å². The smallest absolute Gasteiger partial charge is 0.239 e. The fourth-order valence-electron chi connectivity index (χ4n) is 2.02. The third kappa shape index (κ3) is 4.18. The number of benzene rings is 2. The van der Waals surface area contributed by atoms with Gasteiger partial charge >= 0.3 is 0 Å². The summed E-state index contributed by atoms with van der Waals surface area (Å²) in [6.07, 6.45) is 0.271. The molecular formula is C17H18N2O2. The van der Waals surface area contributed by atoms with Gasteiger partial charge in [-0.2, -0.15) is 0 Å². The van der Waals surface area contributed by atoms with Crippen molar-refractivity contribution in [1.29, 1.82) is 0 Å². The van der Waals surface area contributed by atoms with Crippen LogP contribution in [0.15, 0.2) is 60.7 Å². The summed E-state index contributed by atoms with van der Waals surface area (Å²) < 4.78 is 0. The van der Waals surface area contributed by atoms with Crippen LogP contribution in [0.5, 0.6) is 0 Å². The first kappa shape index (κ1) is 14.8. The van der Waals surface area contributed by atoms with E-state index in [1.165, 1.54) is 4.90 Å². The Morgan fingerprint density at radius 3 is 2.10 bits per heavy atom. The molecule has 0 heterocycles. The molecule has 4 heteroatoms. The Morgan fingerprint density at radius 2 is 1.52 bits per heavy atom. The van der Waals surface area contributed by atoms with Gasteiger partial charge in [0.2, 0.25) is 11.8 Å². The van der Waals surface area contributed by atoms with Crippen molar-refractivity contribution in [2.24, 2.45) is 0 Å². The topological polar surface area (TPSA) is 49.4 Å². The molecule has 1 N–H and O–H groups in total. The van der Waals surface area contributed by atoms with Gasteiger partial charge in [0.25, 0.3) is 0 Å². The van der Waals surface area contributed by atoms with Crippen LogP contribution in [0.1, 0.15) is 5.56 Å². The molecule has 2 aromatic carbocycles. The van der Waals surface area contributed by atoms with Crippen molar-refractivity contribution in [3.63, 3.8) is 0 Å². The summed E-state index contributed by atoms with van der Waals surface area (Å²) in [5, 5.41) is 2.55. The molecule has 0 aliphatic heterocycles. The molecule has 0 saturated heterocycles. The third-order valence-electron chi connectivity index (χ3n) is 3.15. The predicted octanol–water partition coefficient (Wildman–Crippen LogP) is 2.01. The number of likely N-dealkylation sites (N-methyl/N-ethyl adjacent to an activating group) is 1. The summed E-state index contributed by atoms with van der Waals surface area (Å²) >= 11 is 0. The largest absolute Gasteiger partial charge is 0.358 e. The SMILES string of the molecule is CNC(=O)CN(C(=O)Cc1ccccc1)c1ccccc1. The summed E-state index contributed by atoms with van der Waals surface area (Å²) in [6, 6.07) is 18.7. The number of rotatable bonds is 5. The Hall–Kier alpha value is -2.62. The number of carbonyl (C=O) groups excluding carboxylic acids is 2. The lowest BCUT2D eigenvalue weighted by molar-refractivity contribution is -0.123. The first-order chi connectivity index (χ1) is 10.2. The first-order valence-electron chi connectivity index (χ1n) is 6.80. The van der Waals surface area contributed by atoms with Crippen LogP contribution in [-0.4, -0.2) is 25.4 Å². The summed E-state index contributed by atoms with van der Waals surface area (Å²) in [4.78, 5) is 25.7. The Bertz CT molecular complexity index is 597. The van der Waals surface area contributed by atoms with Gasteiger partial charge in [0, 0.05) is 12.7 Å². The number of para-hydroxylation sites is 1. The standard InChI is InChI=1S/C17H18N2O2/c1-18-16(20)13-19(15-10-6-3-7-11-15)17(21)12-14-8-4-2-5-9-14/h2-11H,12-13H2,1H3,(H,18,20). The molecule has 0 aliphatic rings. The van der Waals surface area contributed by atoms with Crippen LogP contribution in [-0.2, 0) is 16.0 Å². The van der Waals surface area contributed by atoms with Crippen LogP contribution in [0.2, 0.25) is 0 Å². The Balaban J connectivity index is 2.18. The van der Waals surface area contributed by atoms with E-state index in [2.05, 4.69) is 5.32 Å². The van der Waals surface area contributed by atoms with Crippen molar-refractivity contribution < 1.29 is 9.59 Å². The Labute approximate surface area is 124 Å². The van der Waals surface area contributed by atoms with Crippen molar-refractivity contribution in [1.82, 2.24) is 5.32 Å². The molecule has 0 aliphatic carbocycles. The maximum absolute atomic E-state index is 12.5. The normalized spacial score (nSPS) is 9.95. The van der Waals surface area contributed by atoms with E-state index in [0.29, 0.717) is 0 Å². The maximum Gasteiger partial charge on any atom is 0.239 e. The van der Waals surface area contributed by atoms with E-state index in [1.807, 2.05) is 60.7 Å².